The second-order valence-corrected chi connectivity index (χ2v) is 5.37. The van der Waals surface area contributed by atoms with Gasteiger partial charge in [0, 0.05) is 18.2 Å². The molecule has 0 amide bonds. The lowest BCUT2D eigenvalue weighted by Gasteiger charge is -2.31. The molecule has 0 aromatic heterocycles. The minimum atomic E-state index is 0.423. The summed E-state index contributed by atoms with van der Waals surface area (Å²) in [6, 6.07) is 9.15. The van der Waals surface area contributed by atoms with Crippen LogP contribution in [0.1, 0.15) is 43.2 Å². The molecule has 1 fully saturated rings. The van der Waals surface area contributed by atoms with E-state index in [1.54, 1.807) is 0 Å². The molecule has 0 unspecified atom stereocenters. The normalized spacial score (nSPS) is 16.2. The molecule has 2 nitrogen and oxygen atoms in total. The van der Waals surface area contributed by atoms with Crippen LogP contribution in [0.25, 0.3) is 0 Å². The quantitative estimate of drug-likeness (QED) is 0.843. The van der Waals surface area contributed by atoms with Crippen LogP contribution in [0, 0.1) is 11.8 Å². The van der Waals surface area contributed by atoms with Gasteiger partial charge in [0.25, 0.3) is 0 Å². The predicted molar refractivity (Wildman–Crippen MR) is 80.7 cm³/mol. The highest BCUT2D eigenvalue weighted by Crippen LogP contribution is 2.23. The molecule has 1 saturated carbocycles. The smallest absolute Gasteiger partial charge is 0.0555 e. The summed E-state index contributed by atoms with van der Waals surface area (Å²) in [5, 5.41) is 0. The van der Waals surface area contributed by atoms with Crippen LogP contribution in [-0.4, -0.2) is 24.5 Å². The Hall–Kier alpha value is -1.30. The minimum Gasteiger partial charge on any atom is -0.320 e. The first-order valence-corrected chi connectivity index (χ1v) is 7.28. The molecular formula is C17H24N2. The van der Waals surface area contributed by atoms with Crippen molar-refractivity contribution in [2.24, 2.45) is 5.73 Å². The van der Waals surface area contributed by atoms with Gasteiger partial charge >= 0.3 is 0 Å². The zero-order valence-corrected chi connectivity index (χ0v) is 11.9. The molecule has 1 aromatic carbocycles. The summed E-state index contributed by atoms with van der Waals surface area (Å²) in [4.78, 5) is 2.49. The van der Waals surface area contributed by atoms with Gasteiger partial charge in [0.1, 0.15) is 0 Å². The highest BCUT2D eigenvalue weighted by atomic mass is 15.1. The molecule has 0 radical (unpaired) electrons. The predicted octanol–water partition coefficient (Wildman–Crippen LogP) is 2.76. The molecule has 0 aliphatic heterocycles. The Balaban J connectivity index is 2.05. The van der Waals surface area contributed by atoms with Gasteiger partial charge in [-0.15, -0.1) is 0 Å². The first-order valence-electron chi connectivity index (χ1n) is 7.28. The third-order valence-electron chi connectivity index (χ3n) is 3.96. The summed E-state index contributed by atoms with van der Waals surface area (Å²) in [5.74, 6) is 6.14. The Labute approximate surface area is 117 Å². The van der Waals surface area contributed by atoms with Crippen molar-refractivity contribution in [1.82, 2.24) is 4.90 Å². The molecule has 19 heavy (non-hydrogen) atoms. The molecule has 1 aromatic rings. The number of hydrogen-bond donors (Lipinski definition) is 1. The van der Waals surface area contributed by atoms with Gasteiger partial charge in [-0.2, -0.15) is 0 Å². The van der Waals surface area contributed by atoms with Crippen LogP contribution in [0.3, 0.4) is 0 Å². The Morgan fingerprint density at radius 3 is 2.68 bits per heavy atom. The topological polar surface area (TPSA) is 29.3 Å². The maximum absolute atomic E-state index is 5.46. The Kier molecular flexibility index (Phi) is 5.44. The van der Waals surface area contributed by atoms with Crippen LogP contribution in [-0.2, 0) is 6.54 Å². The highest BCUT2D eigenvalue weighted by molar-refractivity contribution is 5.41. The molecule has 1 aliphatic carbocycles. The van der Waals surface area contributed by atoms with E-state index in [0.29, 0.717) is 6.54 Å². The summed E-state index contributed by atoms with van der Waals surface area (Å²) in [6.45, 7) is 1.41. The molecule has 102 valence electrons. The van der Waals surface area contributed by atoms with Gasteiger partial charge in [0.15, 0.2) is 0 Å². The van der Waals surface area contributed by atoms with Gasteiger partial charge in [0.2, 0.25) is 0 Å². The van der Waals surface area contributed by atoms with Crippen LogP contribution in [0.5, 0.6) is 0 Å². The van der Waals surface area contributed by atoms with Gasteiger partial charge in [-0.05, 0) is 31.5 Å². The van der Waals surface area contributed by atoms with Crippen LogP contribution in [0.2, 0.25) is 0 Å². The summed E-state index contributed by atoms with van der Waals surface area (Å²) >= 11 is 0. The van der Waals surface area contributed by atoms with E-state index >= 15 is 0 Å². The standard InChI is InChI=1S/C17H24N2/c1-19(17-11-3-2-4-12-17)14-16-9-6-5-8-15(16)10-7-13-18/h5-6,8-9,17H,2-4,11-14,18H2,1H3. The third kappa shape index (κ3) is 4.09. The Morgan fingerprint density at radius 1 is 1.21 bits per heavy atom. The number of rotatable bonds is 3. The van der Waals surface area contributed by atoms with E-state index in [0.717, 1.165) is 18.2 Å². The van der Waals surface area contributed by atoms with E-state index in [-0.39, 0.29) is 0 Å². The number of benzene rings is 1. The highest BCUT2D eigenvalue weighted by Gasteiger charge is 2.18. The van der Waals surface area contributed by atoms with Crippen LogP contribution >= 0.6 is 0 Å². The minimum absolute atomic E-state index is 0.423. The van der Waals surface area contributed by atoms with E-state index in [1.165, 1.54) is 37.7 Å². The fraction of sp³-hybridized carbons (Fsp3) is 0.529. The first kappa shape index (κ1) is 14.1. The summed E-state index contributed by atoms with van der Waals surface area (Å²) < 4.78 is 0. The molecule has 0 bridgehead atoms. The summed E-state index contributed by atoms with van der Waals surface area (Å²) in [7, 11) is 2.24. The second kappa shape index (κ2) is 7.33. The van der Waals surface area contributed by atoms with Crippen molar-refractivity contribution in [3.05, 3.63) is 35.4 Å². The van der Waals surface area contributed by atoms with Crippen molar-refractivity contribution in [2.45, 2.75) is 44.7 Å². The van der Waals surface area contributed by atoms with E-state index in [4.69, 9.17) is 5.73 Å². The van der Waals surface area contributed by atoms with Crippen LogP contribution in [0.4, 0.5) is 0 Å². The van der Waals surface area contributed by atoms with Crippen molar-refractivity contribution in [1.29, 1.82) is 0 Å². The Morgan fingerprint density at radius 2 is 1.95 bits per heavy atom. The van der Waals surface area contributed by atoms with Crippen molar-refractivity contribution in [2.75, 3.05) is 13.6 Å². The maximum Gasteiger partial charge on any atom is 0.0555 e. The molecule has 0 spiro atoms. The fourth-order valence-corrected chi connectivity index (χ4v) is 2.85. The molecule has 2 heteroatoms. The average molecular weight is 256 g/mol. The van der Waals surface area contributed by atoms with Gasteiger partial charge in [-0.25, -0.2) is 0 Å². The van der Waals surface area contributed by atoms with E-state index in [1.807, 2.05) is 6.07 Å². The number of nitrogens with zero attached hydrogens (tertiary/aromatic N) is 1. The van der Waals surface area contributed by atoms with Gasteiger partial charge in [-0.3, -0.25) is 4.90 Å². The van der Waals surface area contributed by atoms with E-state index in [9.17, 15) is 0 Å². The Bertz CT molecular complexity index is 450. The monoisotopic (exact) mass is 256 g/mol. The average Bonchev–Trinajstić information content (AvgIpc) is 2.47. The summed E-state index contributed by atoms with van der Waals surface area (Å²) in [5.41, 5.74) is 7.90. The molecular weight excluding hydrogens is 232 g/mol. The van der Waals surface area contributed by atoms with Crippen LogP contribution < -0.4 is 5.73 Å². The van der Waals surface area contributed by atoms with Gasteiger partial charge in [-0.1, -0.05) is 49.3 Å². The van der Waals surface area contributed by atoms with E-state index < -0.39 is 0 Å². The number of nitrogens with two attached hydrogens (primary N) is 1. The molecule has 0 atom stereocenters. The zero-order chi connectivity index (χ0) is 13.5. The lowest BCUT2D eigenvalue weighted by Crippen LogP contribution is -2.33. The second-order valence-electron chi connectivity index (χ2n) is 5.37. The first-order chi connectivity index (χ1) is 9.31. The lowest BCUT2D eigenvalue weighted by atomic mass is 9.94. The summed E-state index contributed by atoms with van der Waals surface area (Å²) in [6.07, 6.45) is 6.84. The maximum atomic E-state index is 5.46. The van der Waals surface area contributed by atoms with Crippen molar-refractivity contribution >= 4 is 0 Å². The zero-order valence-electron chi connectivity index (χ0n) is 11.9. The SMILES string of the molecule is CN(Cc1ccccc1C#CCN)C1CCCCC1. The van der Waals surface area contributed by atoms with Gasteiger partial charge in [0.05, 0.1) is 6.54 Å². The molecule has 2 rings (SSSR count). The largest absolute Gasteiger partial charge is 0.320 e. The number of hydrogen-bond acceptors (Lipinski definition) is 2. The van der Waals surface area contributed by atoms with Crippen molar-refractivity contribution in [3.63, 3.8) is 0 Å². The van der Waals surface area contributed by atoms with Crippen molar-refractivity contribution in [3.8, 4) is 11.8 Å². The van der Waals surface area contributed by atoms with Crippen LogP contribution in [0.15, 0.2) is 24.3 Å². The van der Waals surface area contributed by atoms with E-state index in [2.05, 4.69) is 42.0 Å². The van der Waals surface area contributed by atoms with Gasteiger partial charge < -0.3 is 5.73 Å². The molecule has 0 saturated heterocycles. The van der Waals surface area contributed by atoms with Crippen molar-refractivity contribution < 1.29 is 0 Å². The molecule has 1 aliphatic rings. The molecule has 2 N–H and O–H groups in total. The fourth-order valence-electron chi connectivity index (χ4n) is 2.85. The molecule has 0 heterocycles. The third-order valence-corrected chi connectivity index (χ3v) is 3.96. The lowest BCUT2D eigenvalue weighted by molar-refractivity contribution is 0.184.